The summed E-state index contributed by atoms with van der Waals surface area (Å²) in [4.78, 5) is 17.2. The molecular formula is C22H29N3O. The third kappa shape index (κ3) is 4.44. The molecule has 1 fully saturated rings. The van der Waals surface area contributed by atoms with Crippen LogP contribution in [-0.4, -0.2) is 43.0 Å². The monoisotopic (exact) mass is 351 g/mol. The molecule has 0 spiro atoms. The first-order valence-corrected chi connectivity index (χ1v) is 9.50. The average Bonchev–Trinajstić information content (AvgIpc) is 2.63. The third-order valence-corrected chi connectivity index (χ3v) is 5.12. The van der Waals surface area contributed by atoms with E-state index in [0.29, 0.717) is 12.6 Å². The third-order valence-electron chi connectivity index (χ3n) is 5.12. The quantitative estimate of drug-likeness (QED) is 0.892. The molecule has 1 N–H and O–H groups in total. The van der Waals surface area contributed by atoms with Gasteiger partial charge in [0.15, 0.2) is 0 Å². The number of rotatable bonds is 5. The van der Waals surface area contributed by atoms with E-state index in [-0.39, 0.29) is 5.91 Å². The van der Waals surface area contributed by atoms with E-state index in [1.54, 1.807) is 0 Å². The minimum absolute atomic E-state index is 0.0712. The number of nitrogens with zero attached hydrogens (tertiary/aromatic N) is 2. The minimum atomic E-state index is 0.0712. The molecule has 2 aromatic rings. The summed E-state index contributed by atoms with van der Waals surface area (Å²) < 4.78 is 0. The van der Waals surface area contributed by atoms with E-state index < -0.39 is 0 Å². The molecule has 1 unspecified atom stereocenters. The Morgan fingerprint density at radius 1 is 1.12 bits per heavy atom. The van der Waals surface area contributed by atoms with Crippen LogP contribution in [0.3, 0.4) is 0 Å². The standard InChI is InChI=1S/C22H29N3O/c1-4-19-7-5-6-8-21(19)23-22(26)16-24-13-14-25(18(3)15-24)20-11-9-17(2)10-12-20/h5-12,18H,4,13-16H2,1-3H3,(H,23,26). The van der Waals surface area contributed by atoms with Gasteiger partial charge in [-0.05, 0) is 44.0 Å². The molecule has 1 aliphatic heterocycles. The second-order valence-corrected chi connectivity index (χ2v) is 7.17. The van der Waals surface area contributed by atoms with Gasteiger partial charge in [-0.1, -0.05) is 42.8 Å². The zero-order chi connectivity index (χ0) is 18.5. The van der Waals surface area contributed by atoms with E-state index in [0.717, 1.165) is 31.7 Å². The van der Waals surface area contributed by atoms with E-state index in [2.05, 4.69) is 66.2 Å². The van der Waals surface area contributed by atoms with Crippen LogP contribution in [0, 0.1) is 6.92 Å². The zero-order valence-corrected chi connectivity index (χ0v) is 16.0. The highest BCUT2D eigenvalue weighted by Gasteiger charge is 2.25. The molecule has 0 bridgehead atoms. The van der Waals surface area contributed by atoms with Gasteiger partial charge in [-0.15, -0.1) is 0 Å². The van der Waals surface area contributed by atoms with E-state index in [4.69, 9.17) is 0 Å². The van der Waals surface area contributed by atoms with Gasteiger partial charge in [0, 0.05) is 37.1 Å². The van der Waals surface area contributed by atoms with Crippen molar-refractivity contribution in [2.75, 3.05) is 36.4 Å². The molecule has 2 aromatic carbocycles. The van der Waals surface area contributed by atoms with Gasteiger partial charge >= 0.3 is 0 Å². The fraction of sp³-hybridized carbons (Fsp3) is 0.409. The van der Waals surface area contributed by atoms with Gasteiger partial charge in [0.25, 0.3) is 0 Å². The summed E-state index contributed by atoms with van der Waals surface area (Å²) >= 11 is 0. The van der Waals surface area contributed by atoms with Gasteiger partial charge < -0.3 is 10.2 Å². The molecule has 1 saturated heterocycles. The summed E-state index contributed by atoms with van der Waals surface area (Å²) in [6.07, 6.45) is 0.919. The number of nitrogens with one attached hydrogen (secondary N) is 1. The van der Waals surface area contributed by atoms with Gasteiger partial charge in [0.1, 0.15) is 0 Å². The van der Waals surface area contributed by atoms with Crippen LogP contribution >= 0.6 is 0 Å². The lowest BCUT2D eigenvalue weighted by molar-refractivity contribution is -0.117. The highest BCUT2D eigenvalue weighted by molar-refractivity contribution is 5.93. The number of hydrogen-bond donors (Lipinski definition) is 1. The van der Waals surface area contributed by atoms with E-state index >= 15 is 0 Å². The number of para-hydroxylation sites is 1. The van der Waals surface area contributed by atoms with Gasteiger partial charge in [0.05, 0.1) is 6.54 Å². The van der Waals surface area contributed by atoms with Crippen molar-refractivity contribution >= 4 is 17.3 Å². The predicted molar refractivity (Wildman–Crippen MR) is 109 cm³/mol. The number of hydrogen-bond acceptors (Lipinski definition) is 3. The Balaban J connectivity index is 1.55. The number of carbonyl (C=O) groups excluding carboxylic acids is 1. The van der Waals surface area contributed by atoms with E-state index in [9.17, 15) is 4.79 Å². The molecule has 3 rings (SSSR count). The summed E-state index contributed by atoms with van der Waals surface area (Å²) in [5.74, 6) is 0.0712. The van der Waals surface area contributed by atoms with Crippen molar-refractivity contribution in [3.8, 4) is 0 Å². The van der Waals surface area contributed by atoms with Gasteiger partial charge in [0.2, 0.25) is 5.91 Å². The van der Waals surface area contributed by atoms with Crippen LogP contribution in [-0.2, 0) is 11.2 Å². The van der Waals surface area contributed by atoms with Crippen molar-refractivity contribution in [3.63, 3.8) is 0 Å². The van der Waals surface area contributed by atoms with Crippen molar-refractivity contribution in [1.82, 2.24) is 4.90 Å². The molecule has 26 heavy (non-hydrogen) atoms. The maximum atomic E-state index is 12.5. The highest BCUT2D eigenvalue weighted by Crippen LogP contribution is 2.21. The Morgan fingerprint density at radius 3 is 2.54 bits per heavy atom. The van der Waals surface area contributed by atoms with Crippen LogP contribution in [0.5, 0.6) is 0 Å². The lowest BCUT2D eigenvalue weighted by Gasteiger charge is -2.41. The van der Waals surface area contributed by atoms with Crippen molar-refractivity contribution in [3.05, 3.63) is 59.7 Å². The molecule has 0 aromatic heterocycles. The Hall–Kier alpha value is -2.33. The predicted octanol–water partition coefficient (Wildman–Crippen LogP) is 3.71. The molecule has 1 aliphatic rings. The Kier molecular flexibility index (Phi) is 5.94. The second-order valence-electron chi connectivity index (χ2n) is 7.17. The average molecular weight is 351 g/mol. The lowest BCUT2D eigenvalue weighted by Crippen LogP contribution is -2.53. The largest absolute Gasteiger partial charge is 0.366 e. The summed E-state index contributed by atoms with van der Waals surface area (Å²) in [5, 5.41) is 3.08. The summed E-state index contributed by atoms with van der Waals surface area (Å²) in [7, 11) is 0. The summed E-state index contributed by atoms with van der Waals surface area (Å²) in [5.41, 5.74) is 4.66. The van der Waals surface area contributed by atoms with Crippen LogP contribution in [0.15, 0.2) is 48.5 Å². The Morgan fingerprint density at radius 2 is 1.85 bits per heavy atom. The highest BCUT2D eigenvalue weighted by atomic mass is 16.2. The molecule has 1 amide bonds. The first kappa shape index (κ1) is 18.5. The van der Waals surface area contributed by atoms with Crippen LogP contribution in [0.2, 0.25) is 0 Å². The number of carbonyl (C=O) groups is 1. The van der Waals surface area contributed by atoms with Crippen LogP contribution in [0.25, 0.3) is 0 Å². The van der Waals surface area contributed by atoms with Gasteiger partial charge in [-0.2, -0.15) is 0 Å². The number of aryl methyl sites for hydroxylation is 2. The first-order chi connectivity index (χ1) is 12.6. The Labute approximate surface area is 156 Å². The molecule has 138 valence electrons. The molecular weight excluding hydrogens is 322 g/mol. The molecule has 1 atom stereocenters. The normalized spacial score (nSPS) is 18.0. The Bertz CT molecular complexity index is 741. The molecule has 0 radical (unpaired) electrons. The van der Waals surface area contributed by atoms with Crippen molar-refractivity contribution < 1.29 is 4.79 Å². The maximum absolute atomic E-state index is 12.5. The fourth-order valence-electron chi connectivity index (χ4n) is 3.64. The van der Waals surface area contributed by atoms with Gasteiger partial charge in [-0.25, -0.2) is 0 Å². The molecule has 0 saturated carbocycles. The lowest BCUT2D eigenvalue weighted by atomic mass is 10.1. The van der Waals surface area contributed by atoms with Crippen LogP contribution < -0.4 is 10.2 Å². The van der Waals surface area contributed by atoms with Crippen molar-refractivity contribution in [1.29, 1.82) is 0 Å². The number of benzene rings is 2. The topological polar surface area (TPSA) is 35.6 Å². The van der Waals surface area contributed by atoms with E-state index in [1.165, 1.54) is 16.8 Å². The minimum Gasteiger partial charge on any atom is -0.366 e. The SMILES string of the molecule is CCc1ccccc1NC(=O)CN1CCN(c2ccc(C)cc2)C(C)C1. The molecule has 4 nitrogen and oxygen atoms in total. The fourth-order valence-corrected chi connectivity index (χ4v) is 3.64. The molecule has 1 heterocycles. The second kappa shape index (κ2) is 8.37. The number of piperazine rings is 1. The van der Waals surface area contributed by atoms with Crippen molar-refractivity contribution in [2.45, 2.75) is 33.2 Å². The summed E-state index contributed by atoms with van der Waals surface area (Å²) in [6.45, 7) is 9.65. The van der Waals surface area contributed by atoms with Crippen LogP contribution in [0.4, 0.5) is 11.4 Å². The van der Waals surface area contributed by atoms with E-state index in [1.807, 2.05) is 18.2 Å². The maximum Gasteiger partial charge on any atom is 0.238 e. The van der Waals surface area contributed by atoms with Crippen molar-refractivity contribution in [2.24, 2.45) is 0 Å². The summed E-state index contributed by atoms with van der Waals surface area (Å²) in [6, 6.07) is 17.1. The van der Waals surface area contributed by atoms with Gasteiger partial charge in [-0.3, -0.25) is 9.69 Å². The molecule has 0 aliphatic carbocycles. The zero-order valence-electron chi connectivity index (χ0n) is 16.0. The first-order valence-electron chi connectivity index (χ1n) is 9.50. The molecule has 4 heteroatoms. The number of anilines is 2. The van der Waals surface area contributed by atoms with Crippen LogP contribution in [0.1, 0.15) is 25.0 Å². The number of amides is 1. The smallest absolute Gasteiger partial charge is 0.238 e.